The van der Waals surface area contributed by atoms with Crippen LogP contribution < -0.4 is 10.7 Å². The molecule has 6 nitrogen and oxygen atoms in total. The molecule has 0 radical (unpaired) electrons. The smallest absolute Gasteiger partial charge is 0.256 e. The SMILES string of the molecule is COCC(O)CCNC(=O)c1c[nH]ccc1=O. The van der Waals surface area contributed by atoms with Crippen molar-refractivity contribution in [2.45, 2.75) is 12.5 Å². The summed E-state index contributed by atoms with van der Waals surface area (Å²) >= 11 is 0. The van der Waals surface area contributed by atoms with Crippen LogP contribution in [-0.4, -0.2) is 42.4 Å². The van der Waals surface area contributed by atoms with E-state index in [1.807, 2.05) is 0 Å². The predicted octanol–water partition coefficient (Wildman–Crippen LogP) is -0.498. The van der Waals surface area contributed by atoms with Crippen LogP contribution >= 0.6 is 0 Å². The van der Waals surface area contributed by atoms with Crippen LogP contribution in [0.2, 0.25) is 0 Å². The number of carbonyl (C=O) groups is 1. The molecule has 3 N–H and O–H groups in total. The van der Waals surface area contributed by atoms with Crippen LogP contribution in [0.5, 0.6) is 0 Å². The Balaban J connectivity index is 2.41. The first-order valence-electron chi connectivity index (χ1n) is 5.27. The minimum atomic E-state index is -0.616. The maximum Gasteiger partial charge on any atom is 0.256 e. The van der Waals surface area contributed by atoms with E-state index in [-0.39, 0.29) is 24.1 Å². The standard InChI is InChI=1S/C11H16N2O4/c1-17-7-8(14)2-5-13-11(16)9-6-12-4-3-10(9)15/h3-4,6,8,14H,2,5,7H2,1H3,(H,12,15)(H,13,16). The van der Waals surface area contributed by atoms with Gasteiger partial charge in [-0.05, 0) is 6.42 Å². The van der Waals surface area contributed by atoms with Crippen LogP contribution in [0, 0.1) is 0 Å². The van der Waals surface area contributed by atoms with Crippen molar-refractivity contribution in [3.05, 3.63) is 34.2 Å². The molecule has 1 rings (SSSR count). The van der Waals surface area contributed by atoms with Crippen molar-refractivity contribution in [2.75, 3.05) is 20.3 Å². The maximum atomic E-state index is 11.6. The van der Waals surface area contributed by atoms with Gasteiger partial charge in [-0.25, -0.2) is 0 Å². The molecule has 1 aromatic rings. The molecule has 0 saturated carbocycles. The summed E-state index contributed by atoms with van der Waals surface area (Å²) < 4.78 is 4.75. The van der Waals surface area contributed by atoms with Crippen LogP contribution in [0.25, 0.3) is 0 Å². The third-order valence-corrected chi connectivity index (χ3v) is 2.19. The minimum absolute atomic E-state index is 0.0636. The monoisotopic (exact) mass is 240 g/mol. The lowest BCUT2D eigenvalue weighted by Gasteiger charge is -2.09. The zero-order chi connectivity index (χ0) is 12.7. The largest absolute Gasteiger partial charge is 0.391 e. The van der Waals surface area contributed by atoms with Crippen LogP contribution in [-0.2, 0) is 4.74 Å². The van der Waals surface area contributed by atoms with Gasteiger partial charge in [0.25, 0.3) is 5.91 Å². The Hall–Kier alpha value is -1.66. The molecule has 1 unspecified atom stereocenters. The molecular formula is C11H16N2O4. The number of rotatable bonds is 6. The topological polar surface area (TPSA) is 91.4 Å². The highest BCUT2D eigenvalue weighted by molar-refractivity contribution is 5.93. The van der Waals surface area contributed by atoms with Gasteiger partial charge in [-0.3, -0.25) is 9.59 Å². The average molecular weight is 240 g/mol. The molecule has 1 aromatic heterocycles. The molecule has 0 aliphatic carbocycles. The fourth-order valence-corrected chi connectivity index (χ4v) is 1.32. The first-order valence-corrected chi connectivity index (χ1v) is 5.27. The van der Waals surface area contributed by atoms with Crippen molar-refractivity contribution in [1.82, 2.24) is 10.3 Å². The van der Waals surface area contributed by atoms with Gasteiger partial charge >= 0.3 is 0 Å². The third-order valence-electron chi connectivity index (χ3n) is 2.19. The molecule has 94 valence electrons. The molecule has 0 aliphatic heterocycles. The van der Waals surface area contributed by atoms with E-state index in [0.29, 0.717) is 6.42 Å². The summed E-state index contributed by atoms with van der Waals surface area (Å²) in [6.45, 7) is 0.513. The second-order valence-corrected chi connectivity index (χ2v) is 3.58. The van der Waals surface area contributed by atoms with Crippen LogP contribution in [0.15, 0.2) is 23.3 Å². The number of amides is 1. The molecule has 1 heterocycles. The van der Waals surface area contributed by atoms with Crippen LogP contribution in [0.4, 0.5) is 0 Å². The van der Waals surface area contributed by atoms with E-state index in [9.17, 15) is 14.7 Å². The molecule has 1 atom stereocenters. The summed E-state index contributed by atoms with van der Waals surface area (Å²) in [6, 6.07) is 1.29. The Kier molecular flexibility index (Phi) is 5.38. The summed E-state index contributed by atoms with van der Waals surface area (Å²) in [4.78, 5) is 25.5. The number of pyridine rings is 1. The molecule has 17 heavy (non-hydrogen) atoms. The van der Waals surface area contributed by atoms with Crippen molar-refractivity contribution in [2.24, 2.45) is 0 Å². The molecule has 0 bridgehead atoms. The lowest BCUT2D eigenvalue weighted by molar-refractivity contribution is 0.0587. The van der Waals surface area contributed by atoms with Gasteiger partial charge in [0.15, 0.2) is 5.43 Å². The number of H-pyrrole nitrogens is 1. The van der Waals surface area contributed by atoms with E-state index in [0.717, 1.165) is 0 Å². The number of ether oxygens (including phenoxy) is 1. The third kappa shape index (κ3) is 4.38. The second kappa shape index (κ2) is 6.82. The molecule has 0 saturated heterocycles. The maximum absolute atomic E-state index is 11.6. The van der Waals surface area contributed by atoms with Gasteiger partial charge in [-0.2, -0.15) is 0 Å². The summed E-state index contributed by atoms with van der Waals surface area (Å²) in [7, 11) is 1.49. The zero-order valence-corrected chi connectivity index (χ0v) is 9.60. The molecule has 6 heteroatoms. The summed E-state index contributed by atoms with van der Waals surface area (Å²) in [5.41, 5.74) is -0.271. The number of methoxy groups -OCH3 is 1. The van der Waals surface area contributed by atoms with E-state index < -0.39 is 12.0 Å². The molecular weight excluding hydrogens is 224 g/mol. The summed E-state index contributed by atoms with van der Waals surface area (Å²) in [5.74, 6) is -0.448. The van der Waals surface area contributed by atoms with E-state index >= 15 is 0 Å². The van der Waals surface area contributed by atoms with Crippen molar-refractivity contribution in [3.8, 4) is 0 Å². The number of hydrogen-bond acceptors (Lipinski definition) is 4. The number of aromatic amines is 1. The number of carbonyl (C=O) groups excluding carboxylic acids is 1. The second-order valence-electron chi connectivity index (χ2n) is 3.58. The highest BCUT2D eigenvalue weighted by Gasteiger charge is 2.09. The van der Waals surface area contributed by atoms with Crippen molar-refractivity contribution in [1.29, 1.82) is 0 Å². The lowest BCUT2D eigenvalue weighted by atomic mass is 10.2. The van der Waals surface area contributed by atoms with E-state index in [1.165, 1.54) is 25.6 Å². The summed E-state index contributed by atoms with van der Waals surface area (Å²) in [6.07, 6.45) is 2.57. The Morgan fingerprint density at radius 1 is 1.65 bits per heavy atom. The molecule has 0 fully saturated rings. The number of aromatic nitrogens is 1. The summed E-state index contributed by atoms with van der Waals surface area (Å²) in [5, 5.41) is 11.9. The Labute approximate surface area is 98.6 Å². The predicted molar refractivity (Wildman–Crippen MR) is 61.9 cm³/mol. The van der Waals surface area contributed by atoms with E-state index in [1.54, 1.807) is 0 Å². The van der Waals surface area contributed by atoms with E-state index in [4.69, 9.17) is 4.74 Å². The number of nitrogens with one attached hydrogen (secondary N) is 2. The first kappa shape index (κ1) is 13.4. The van der Waals surface area contributed by atoms with Crippen LogP contribution in [0.1, 0.15) is 16.8 Å². The van der Waals surface area contributed by atoms with E-state index in [2.05, 4.69) is 10.3 Å². The molecule has 0 spiro atoms. The van der Waals surface area contributed by atoms with Gasteiger partial charge in [0.05, 0.1) is 12.7 Å². The van der Waals surface area contributed by atoms with Crippen LogP contribution in [0.3, 0.4) is 0 Å². The van der Waals surface area contributed by atoms with Crippen molar-refractivity contribution in [3.63, 3.8) is 0 Å². The van der Waals surface area contributed by atoms with Gasteiger partial charge in [-0.15, -0.1) is 0 Å². The molecule has 0 aliphatic rings. The van der Waals surface area contributed by atoms with Gasteiger partial charge in [-0.1, -0.05) is 0 Å². The van der Waals surface area contributed by atoms with Crippen molar-refractivity contribution >= 4 is 5.91 Å². The highest BCUT2D eigenvalue weighted by atomic mass is 16.5. The van der Waals surface area contributed by atoms with Gasteiger partial charge < -0.3 is 20.1 Å². The molecule has 1 amide bonds. The van der Waals surface area contributed by atoms with Gasteiger partial charge in [0, 0.05) is 32.1 Å². The molecule has 0 aromatic carbocycles. The minimum Gasteiger partial charge on any atom is -0.391 e. The fourth-order valence-electron chi connectivity index (χ4n) is 1.32. The Bertz CT molecular complexity index is 416. The fraction of sp³-hybridized carbons (Fsp3) is 0.455. The van der Waals surface area contributed by atoms with Gasteiger partial charge in [0.2, 0.25) is 0 Å². The lowest BCUT2D eigenvalue weighted by Crippen LogP contribution is -2.31. The Morgan fingerprint density at radius 2 is 2.41 bits per heavy atom. The highest BCUT2D eigenvalue weighted by Crippen LogP contribution is 1.92. The average Bonchev–Trinajstić information content (AvgIpc) is 2.29. The number of aliphatic hydroxyl groups excluding tert-OH is 1. The first-order chi connectivity index (χ1) is 8.15. The number of hydrogen-bond donors (Lipinski definition) is 3. The number of aliphatic hydroxyl groups is 1. The van der Waals surface area contributed by atoms with Gasteiger partial charge in [0.1, 0.15) is 5.56 Å². The quantitative estimate of drug-likeness (QED) is 0.625. The normalized spacial score (nSPS) is 12.1. The van der Waals surface area contributed by atoms with Crippen molar-refractivity contribution < 1.29 is 14.6 Å². The zero-order valence-electron chi connectivity index (χ0n) is 9.60. The Morgan fingerprint density at radius 3 is 3.06 bits per heavy atom.